The molecule has 0 radical (unpaired) electrons. The molecule has 0 aliphatic heterocycles. The predicted molar refractivity (Wildman–Crippen MR) is 131 cm³/mol. The molecule has 4 aliphatic rings. The van der Waals surface area contributed by atoms with Crippen LogP contribution in [0.4, 0.5) is 0 Å². The molecule has 0 aromatic carbocycles. The monoisotopic (exact) mass is 446 g/mol. The third kappa shape index (κ3) is 4.08. The van der Waals surface area contributed by atoms with Crippen molar-refractivity contribution in [2.75, 3.05) is 7.11 Å². The number of hydrogen-bond acceptors (Lipinski definition) is 3. The van der Waals surface area contributed by atoms with Crippen molar-refractivity contribution in [2.24, 2.45) is 46.3 Å². The van der Waals surface area contributed by atoms with Gasteiger partial charge in [-0.25, -0.2) is 0 Å². The van der Waals surface area contributed by atoms with Crippen molar-refractivity contribution in [3.63, 3.8) is 0 Å². The normalized spacial score (nSPS) is 43.5. The lowest BCUT2D eigenvalue weighted by atomic mass is 9.46. The van der Waals surface area contributed by atoms with Crippen molar-refractivity contribution in [3.05, 3.63) is 11.3 Å². The Balaban J connectivity index is 1.53. The maximum Gasteiger partial charge on any atom is 0.0957 e. The molecule has 0 bridgehead atoms. The van der Waals surface area contributed by atoms with Gasteiger partial charge in [-0.05, 0) is 103 Å². The molecule has 9 atom stereocenters. The Morgan fingerprint density at radius 3 is 2.41 bits per heavy atom. The predicted octanol–water partition coefficient (Wildman–Crippen LogP) is 6.72. The van der Waals surface area contributed by atoms with E-state index in [2.05, 4.69) is 34.6 Å². The Morgan fingerprint density at radius 2 is 1.72 bits per heavy atom. The molecule has 4 rings (SSSR count). The summed E-state index contributed by atoms with van der Waals surface area (Å²) in [6.45, 7) is 12.0. The van der Waals surface area contributed by atoms with Gasteiger partial charge in [0.25, 0.3) is 0 Å². The van der Waals surface area contributed by atoms with Crippen LogP contribution in [0.5, 0.6) is 0 Å². The summed E-state index contributed by atoms with van der Waals surface area (Å²) in [6, 6.07) is 0. The lowest BCUT2D eigenvalue weighted by Crippen LogP contribution is -2.52. The van der Waals surface area contributed by atoms with E-state index in [-0.39, 0.29) is 17.6 Å². The van der Waals surface area contributed by atoms with E-state index < -0.39 is 0 Å². The topological polar surface area (TPSA) is 49.7 Å². The molecule has 2 N–H and O–H groups in total. The fraction of sp³-hybridized carbons (Fsp3) is 0.931. The first-order chi connectivity index (χ1) is 15.1. The number of allylic oxidation sites excluding steroid dienone is 1. The van der Waals surface area contributed by atoms with E-state index in [1.54, 1.807) is 0 Å². The van der Waals surface area contributed by atoms with Crippen LogP contribution >= 0.6 is 0 Å². The van der Waals surface area contributed by atoms with Crippen LogP contribution in [0.25, 0.3) is 0 Å². The third-order valence-corrected chi connectivity index (χ3v) is 11.0. The van der Waals surface area contributed by atoms with Crippen LogP contribution in [-0.2, 0) is 4.74 Å². The van der Waals surface area contributed by atoms with E-state index >= 15 is 0 Å². The van der Waals surface area contributed by atoms with Gasteiger partial charge in [0.05, 0.1) is 25.1 Å². The molecule has 0 spiro atoms. The first kappa shape index (κ1) is 24.6. The molecule has 3 fully saturated rings. The quantitative estimate of drug-likeness (QED) is 0.456. The van der Waals surface area contributed by atoms with Gasteiger partial charge in [0.2, 0.25) is 0 Å². The number of rotatable bonds is 7. The fourth-order valence-corrected chi connectivity index (χ4v) is 9.11. The van der Waals surface area contributed by atoms with Gasteiger partial charge in [0.1, 0.15) is 0 Å². The minimum atomic E-state index is -0.192. The van der Waals surface area contributed by atoms with E-state index in [1.165, 1.54) is 43.4 Å². The van der Waals surface area contributed by atoms with Crippen LogP contribution in [0.15, 0.2) is 11.3 Å². The van der Waals surface area contributed by atoms with Crippen molar-refractivity contribution >= 4 is 0 Å². The molecule has 0 heterocycles. The van der Waals surface area contributed by atoms with Gasteiger partial charge in [-0.3, -0.25) is 0 Å². The lowest BCUT2D eigenvalue weighted by Gasteiger charge is -2.59. The van der Waals surface area contributed by atoms with Gasteiger partial charge in [0.15, 0.2) is 0 Å². The van der Waals surface area contributed by atoms with Crippen LogP contribution in [0.2, 0.25) is 0 Å². The summed E-state index contributed by atoms with van der Waals surface area (Å²) in [7, 11) is 1.85. The standard InChI is InChI=1S/C29H50O3/c1-18(2)8-7-9-26(31)19(3)22-10-11-23-21-17-27(32-6)25-16-20(30)12-14-29(25,5)24(21)13-15-28(22,23)4/h18-24,26,30-31H,7-17H2,1-6H3/t19-,20-,21?,22?,23?,24?,26-,28+,29+/m0/s1. The van der Waals surface area contributed by atoms with E-state index in [9.17, 15) is 10.2 Å². The highest BCUT2D eigenvalue weighted by atomic mass is 16.5. The van der Waals surface area contributed by atoms with Crippen molar-refractivity contribution in [1.82, 2.24) is 0 Å². The molecular formula is C29H50O3. The van der Waals surface area contributed by atoms with Crippen LogP contribution in [0, 0.1) is 46.3 Å². The van der Waals surface area contributed by atoms with Gasteiger partial charge >= 0.3 is 0 Å². The number of aliphatic hydroxyl groups excluding tert-OH is 2. The maximum absolute atomic E-state index is 11.1. The highest BCUT2D eigenvalue weighted by Gasteiger charge is 2.60. The van der Waals surface area contributed by atoms with Crippen molar-refractivity contribution in [1.29, 1.82) is 0 Å². The summed E-state index contributed by atoms with van der Waals surface area (Å²) < 4.78 is 6.01. The summed E-state index contributed by atoms with van der Waals surface area (Å²) in [5, 5.41) is 21.5. The second kappa shape index (κ2) is 9.25. The van der Waals surface area contributed by atoms with Crippen LogP contribution in [-0.4, -0.2) is 29.5 Å². The van der Waals surface area contributed by atoms with E-state index in [4.69, 9.17) is 4.74 Å². The number of fused-ring (bicyclic) bond motifs is 5. The molecule has 0 aromatic rings. The first-order valence-electron chi connectivity index (χ1n) is 13.7. The average Bonchev–Trinajstić information content (AvgIpc) is 3.10. The molecule has 32 heavy (non-hydrogen) atoms. The lowest BCUT2D eigenvalue weighted by molar-refractivity contribution is -0.0769. The SMILES string of the molecule is COC1=C2C[C@@H](O)CC[C@]2(C)C2CC[C@@]3(C)C(CCC3[C@H](C)[C@@H](O)CCCC(C)C)C2C1. The second-order valence-electron chi connectivity index (χ2n) is 13.0. The van der Waals surface area contributed by atoms with Crippen LogP contribution in [0.1, 0.15) is 105 Å². The van der Waals surface area contributed by atoms with Crippen LogP contribution < -0.4 is 0 Å². The molecule has 0 aromatic heterocycles. The van der Waals surface area contributed by atoms with Gasteiger partial charge < -0.3 is 14.9 Å². The number of aliphatic hydroxyl groups is 2. The Hall–Kier alpha value is -0.540. The Morgan fingerprint density at radius 1 is 0.969 bits per heavy atom. The van der Waals surface area contributed by atoms with Gasteiger partial charge in [-0.1, -0.05) is 47.5 Å². The van der Waals surface area contributed by atoms with E-state index in [0.717, 1.165) is 56.3 Å². The fourth-order valence-electron chi connectivity index (χ4n) is 9.11. The first-order valence-corrected chi connectivity index (χ1v) is 13.7. The molecule has 0 amide bonds. The van der Waals surface area contributed by atoms with Crippen molar-refractivity contribution < 1.29 is 14.9 Å². The van der Waals surface area contributed by atoms with E-state index in [0.29, 0.717) is 23.2 Å². The van der Waals surface area contributed by atoms with Crippen molar-refractivity contribution in [2.45, 2.75) is 117 Å². The zero-order chi connectivity index (χ0) is 23.3. The number of ether oxygens (including phenoxy) is 1. The average molecular weight is 447 g/mol. The molecule has 0 saturated heterocycles. The minimum absolute atomic E-state index is 0.156. The molecule has 4 unspecified atom stereocenters. The molecule has 3 heteroatoms. The highest BCUT2D eigenvalue weighted by molar-refractivity contribution is 5.29. The Labute approximate surface area is 197 Å². The summed E-state index contributed by atoms with van der Waals surface area (Å²) >= 11 is 0. The smallest absolute Gasteiger partial charge is 0.0957 e. The van der Waals surface area contributed by atoms with Gasteiger partial charge in [-0.15, -0.1) is 0 Å². The summed E-state index contributed by atoms with van der Waals surface area (Å²) in [5.74, 6) is 5.12. The van der Waals surface area contributed by atoms with Crippen molar-refractivity contribution in [3.8, 4) is 0 Å². The highest BCUT2D eigenvalue weighted by Crippen LogP contribution is 2.68. The molecule has 3 saturated carbocycles. The summed E-state index contributed by atoms with van der Waals surface area (Å²) in [5.41, 5.74) is 1.99. The zero-order valence-electron chi connectivity index (χ0n) is 21.7. The van der Waals surface area contributed by atoms with Gasteiger partial charge in [-0.2, -0.15) is 0 Å². The second-order valence-corrected chi connectivity index (χ2v) is 13.0. The summed E-state index contributed by atoms with van der Waals surface area (Å²) in [4.78, 5) is 0. The molecule has 184 valence electrons. The zero-order valence-corrected chi connectivity index (χ0v) is 21.7. The molecule has 3 nitrogen and oxygen atoms in total. The number of methoxy groups -OCH3 is 1. The largest absolute Gasteiger partial charge is 0.501 e. The maximum atomic E-state index is 11.1. The number of hydrogen-bond donors (Lipinski definition) is 2. The molecule has 4 aliphatic carbocycles. The van der Waals surface area contributed by atoms with E-state index in [1.807, 2.05) is 7.11 Å². The third-order valence-electron chi connectivity index (χ3n) is 11.0. The minimum Gasteiger partial charge on any atom is -0.501 e. The molecular weight excluding hydrogens is 396 g/mol. The van der Waals surface area contributed by atoms with Gasteiger partial charge in [0, 0.05) is 6.42 Å². The Bertz CT molecular complexity index is 699. The summed E-state index contributed by atoms with van der Waals surface area (Å²) in [6.07, 6.45) is 12.1. The van der Waals surface area contributed by atoms with Crippen LogP contribution in [0.3, 0.4) is 0 Å². The Kier molecular flexibility index (Phi) is 7.11.